The molecule has 45 heavy (non-hydrogen) atoms. The van der Waals surface area contributed by atoms with Crippen molar-refractivity contribution in [2.75, 3.05) is 0 Å². The molecule has 3 aromatic rings. The van der Waals surface area contributed by atoms with Crippen molar-refractivity contribution in [1.29, 1.82) is 0 Å². The molecule has 3 heterocycles. The summed E-state index contributed by atoms with van der Waals surface area (Å²) in [6.07, 6.45) is -9.48. The quantitative estimate of drug-likeness (QED) is 0.202. The highest BCUT2D eigenvalue weighted by atomic mass is 19.4. The number of pyridine rings is 2. The monoisotopic (exact) mass is 648 g/mol. The largest absolute Gasteiger partial charge is 0.457 e. The standard InChI is InChI=1S/C28H24F8N4O5/c1-3-4-15-11-16(26(43,27(31,32)33)28(34,35)36)5-7-20(15)44-19-9-10-37-18(12-19)14-40-22(41)25(2,39-24(40)42)17-6-8-21(38-13-17)45-23(29)30/h5-13,23,43H,3-4,14H2,1-2H3,(H,39,42). The normalized spacial score (nSPS) is 17.6. The van der Waals surface area contributed by atoms with Crippen molar-refractivity contribution in [3.8, 4) is 17.4 Å². The molecule has 3 amide bonds. The van der Waals surface area contributed by atoms with Crippen molar-refractivity contribution >= 4 is 11.9 Å². The summed E-state index contributed by atoms with van der Waals surface area (Å²) in [5.74, 6) is -1.20. The molecule has 0 saturated carbocycles. The van der Waals surface area contributed by atoms with Crippen LogP contribution in [0.3, 0.4) is 0 Å². The molecule has 1 saturated heterocycles. The van der Waals surface area contributed by atoms with Crippen molar-refractivity contribution < 1.29 is 59.3 Å². The molecule has 1 aliphatic rings. The molecule has 1 aliphatic heterocycles. The van der Waals surface area contributed by atoms with Crippen LogP contribution in [0.2, 0.25) is 0 Å². The van der Waals surface area contributed by atoms with Crippen molar-refractivity contribution in [2.24, 2.45) is 0 Å². The number of halogens is 8. The highest BCUT2D eigenvalue weighted by molar-refractivity contribution is 6.07. The highest BCUT2D eigenvalue weighted by Crippen LogP contribution is 2.50. The molecular formula is C28H24F8N4O5. The van der Waals surface area contributed by atoms with Crippen LogP contribution >= 0.6 is 0 Å². The average Bonchev–Trinajstić information content (AvgIpc) is 3.16. The van der Waals surface area contributed by atoms with E-state index >= 15 is 0 Å². The van der Waals surface area contributed by atoms with Gasteiger partial charge in [0.25, 0.3) is 11.5 Å². The van der Waals surface area contributed by atoms with Crippen LogP contribution in [-0.2, 0) is 28.9 Å². The molecule has 2 aromatic heterocycles. The van der Waals surface area contributed by atoms with Gasteiger partial charge in [-0.1, -0.05) is 19.4 Å². The Kier molecular flexibility index (Phi) is 8.97. The maximum Gasteiger partial charge on any atom is 0.430 e. The lowest BCUT2D eigenvalue weighted by Crippen LogP contribution is -2.53. The Bertz CT molecular complexity index is 1550. The number of ether oxygens (including phenoxy) is 2. The van der Waals surface area contributed by atoms with E-state index in [1.165, 1.54) is 31.3 Å². The number of alkyl halides is 8. The van der Waals surface area contributed by atoms with Crippen molar-refractivity contribution in [1.82, 2.24) is 20.2 Å². The molecule has 1 fully saturated rings. The van der Waals surface area contributed by atoms with Crippen LogP contribution in [0, 0.1) is 0 Å². The molecule has 4 rings (SSSR count). The van der Waals surface area contributed by atoms with Gasteiger partial charge in [-0.2, -0.15) is 35.1 Å². The van der Waals surface area contributed by atoms with Crippen molar-refractivity contribution in [2.45, 2.75) is 63.3 Å². The number of hydrogen-bond donors (Lipinski definition) is 2. The summed E-state index contributed by atoms with van der Waals surface area (Å²) < 4.78 is 115. The second-order valence-corrected chi connectivity index (χ2v) is 10.1. The SMILES string of the molecule is CCCc1cc(C(O)(C(F)(F)F)C(F)(F)F)ccc1Oc1ccnc(CN2C(=O)NC(C)(c3ccc(OC(F)F)nc3)C2=O)c1. The van der Waals surface area contributed by atoms with Crippen LogP contribution in [0.4, 0.5) is 39.9 Å². The van der Waals surface area contributed by atoms with Crippen LogP contribution in [0.15, 0.2) is 54.9 Å². The third-order valence-electron chi connectivity index (χ3n) is 6.95. The molecule has 0 radical (unpaired) electrons. The first-order valence-electron chi connectivity index (χ1n) is 13.1. The van der Waals surface area contributed by atoms with E-state index in [0.717, 1.165) is 23.2 Å². The summed E-state index contributed by atoms with van der Waals surface area (Å²) >= 11 is 0. The third kappa shape index (κ3) is 6.48. The van der Waals surface area contributed by atoms with Gasteiger partial charge in [0.1, 0.15) is 17.0 Å². The number of aliphatic hydroxyl groups is 1. The van der Waals surface area contributed by atoms with Gasteiger partial charge in [0.15, 0.2) is 0 Å². The molecule has 17 heteroatoms. The third-order valence-corrected chi connectivity index (χ3v) is 6.95. The number of urea groups is 1. The fourth-order valence-corrected chi connectivity index (χ4v) is 4.63. The lowest BCUT2D eigenvalue weighted by molar-refractivity contribution is -0.376. The zero-order valence-electron chi connectivity index (χ0n) is 23.3. The summed E-state index contributed by atoms with van der Waals surface area (Å²) in [6.45, 7) is -0.477. The molecule has 1 unspecified atom stereocenters. The molecule has 0 bridgehead atoms. The number of carbonyl (C=O) groups is 2. The smallest absolute Gasteiger partial charge is 0.430 e. The summed E-state index contributed by atoms with van der Waals surface area (Å²) in [5.41, 5.74) is -7.92. The van der Waals surface area contributed by atoms with Crippen LogP contribution in [0.5, 0.6) is 17.4 Å². The predicted molar refractivity (Wildman–Crippen MR) is 138 cm³/mol. The number of nitrogens with zero attached hydrogens (tertiary/aromatic N) is 3. The Labute approximate surface area is 249 Å². The molecule has 2 N–H and O–H groups in total. The second-order valence-electron chi connectivity index (χ2n) is 10.1. The van der Waals surface area contributed by atoms with Gasteiger partial charge in [0, 0.05) is 35.7 Å². The number of imide groups is 1. The fourth-order valence-electron chi connectivity index (χ4n) is 4.63. The van der Waals surface area contributed by atoms with E-state index in [1.807, 2.05) is 0 Å². The summed E-state index contributed by atoms with van der Waals surface area (Å²) in [4.78, 5) is 34.7. The van der Waals surface area contributed by atoms with Gasteiger partial charge in [0.2, 0.25) is 5.88 Å². The van der Waals surface area contributed by atoms with E-state index in [1.54, 1.807) is 6.92 Å². The Morgan fingerprint density at radius 1 is 1.00 bits per heavy atom. The lowest BCUT2D eigenvalue weighted by atomic mass is 9.90. The van der Waals surface area contributed by atoms with Gasteiger partial charge in [0.05, 0.1) is 12.2 Å². The molecule has 0 aliphatic carbocycles. The van der Waals surface area contributed by atoms with E-state index in [2.05, 4.69) is 20.0 Å². The molecule has 0 spiro atoms. The predicted octanol–water partition coefficient (Wildman–Crippen LogP) is 6.10. The number of carbonyl (C=O) groups excluding carboxylic acids is 2. The average molecular weight is 649 g/mol. The number of amides is 3. The molecular weight excluding hydrogens is 624 g/mol. The summed E-state index contributed by atoms with van der Waals surface area (Å²) in [6, 6.07) is 6.12. The summed E-state index contributed by atoms with van der Waals surface area (Å²) in [7, 11) is 0. The molecule has 9 nitrogen and oxygen atoms in total. The second kappa shape index (κ2) is 12.1. The molecule has 1 aromatic carbocycles. The van der Waals surface area contributed by atoms with Crippen molar-refractivity contribution in [3.05, 3.63) is 77.2 Å². The Hall–Kier alpha value is -4.54. The maximum absolute atomic E-state index is 13.4. The first-order valence-corrected chi connectivity index (χ1v) is 13.1. The minimum Gasteiger partial charge on any atom is -0.457 e. The van der Waals surface area contributed by atoms with Crippen LogP contribution in [0.1, 0.15) is 42.7 Å². The maximum atomic E-state index is 13.4. The van der Waals surface area contributed by atoms with Crippen LogP contribution < -0.4 is 14.8 Å². The van der Waals surface area contributed by atoms with Gasteiger partial charge in [-0.3, -0.25) is 14.7 Å². The zero-order valence-corrected chi connectivity index (χ0v) is 23.3. The first kappa shape index (κ1) is 33.4. The van der Waals surface area contributed by atoms with Crippen molar-refractivity contribution in [3.63, 3.8) is 0 Å². The van der Waals surface area contributed by atoms with Gasteiger partial charge in [-0.25, -0.2) is 9.78 Å². The van der Waals surface area contributed by atoms with Gasteiger partial charge >= 0.3 is 25.0 Å². The van der Waals surface area contributed by atoms with Gasteiger partial charge in [-0.15, -0.1) is 0 Å². The van der Waals surface area contributed by atoms with E-state index in [9.17, 15) is 49.8 Å². The topological polar surface area (TPSA) is 114 Å². The van der Waals surface area contributed by atoms with E-state index < -0.39 is 53.5 Å². The molecule has 242 valence electrons. The first-order chi connectivity index (χ1) is 20.9. The summed E-state index contributed by atoms with van der Waals surface area (Å²) in [5, 5.41) is 12.3. The number of benzene rings is 1. The van der Waals surface area contributed by atoms with E-state index in [4.69, 9.17) is 4.74 Å². The fraction of sp³-hybridized carbons (Fsp3) is 0.357. The van der Waals surface area contributed by atoms with Crippen LogP contribution in [-0.4, -0.2) is 50.9 Å². The van der Waals surface area contributed by atoms with E-state index in [-0.39, 0.29) is 41.3 Å². The highest BCUT2D eigenvalue weighted by Gasteiger charge is 2.71. The number of hydrogen-bond acceptors (Lipinski definition) is 7. The zero-order chi connectivity index (χ0) is 33.4. The van der Waals surface area contributed by atoms with Crippen LogP contribution in [0.25, 0.3) is 0 Å². The number of aromatic nitrogens is 2. The lowest BCUT2D eigenvalue weighted by Gasteiger charge is -2.33. The number of rotatable bonds is 10. The van der Waals surface area contributed by atoms with Gasteiger partial charge in [-0.05, 0) is 43.2 Å². The minimum atomic E-state index is -6.06. The number of aryl methyl sites for hydroxylation is 1. The minimum absolute atomic E-state index is 0.00194. The Balaban J connectivity index is 1.56. The Morgan fingerprint density at radius 3 is 2.27 bits per heavy atom. The van der Waals surface area contributed by atoms with Gasteiger partial charge < -0.3 is 19.9 Å². The van der Waals surface area contributed by atoms with E-state index in [0.29, 0.717) is 18.6 Å². The molecule has 1 atom stereocenters. The number of nitrogens with one attached hydrogen (secondary N) is 1. The Morgan fingerprint density at radius 2 is 1.69 bits per heavy atom.